The van der Waals surface area contributed by atoms with Gasteiger partial charge >= 0.3 is 17.1 Å². The van der Waals surface area contributed by atoms with Crippen LogP contribution in [-0.4, -0.2) is 59.8 Å². The molecule has 0 aliphatic heterocycles. The maximum atomic E-state index is 4.35. The normalized spacial score (nSPS) is 9.61. The van der Waals surface area contributed by atoms with Gasteiger partial charge in [-0.2, -0.15) is 0 Å². The molecule has 0 fully saturated rings. The number of nitrogens with zero attached hydrogens (tertiary/aromatic N) is 12. The first-order valence-corrected chi connectivity index (χ1v) is 19.4. The summed E-state index contributed by atoms with van der Waals surface area (Å²) in [4.78, 5) is 49.7. The molecule has 12 nitrogen and oxygen atoms in total. The monoisotopic (exact) mass is 872 g/mol. The van der Waals surface area contributed by atoms with Crippen molar-refractivity contribution in [1.29, 1.82) is 0 Å². The van der Waals surface area contributed by atoms with E-state index in [9.17, 15) is 0 Å². The second kappa shape index (κ2) is 23.4. The summed E-state index contributed by atoms with van der Waals surface area (Å²) >= 11 is 0. The molecule has 0 unspecified atom stereocenters. The second-order valence-electron chi connectivity index (χ2n) is 13.6. The smallest absolute Gasteiger partial charge is 0.255 e. The molecule has 0 atom stereocenters. The summed E-state index contributed by atoms with van der Waals surface area (Å²) in [7, 11) is 0. The van der Waals surface area contributed by atoms with E-state index in [0.29, 0.717) is 0 Å². The Morgan fingerprint density at radius 2 is 0.500 bits per heavy atom. The van der Waals surface area contributed by atoms with E-state index in [1.165, 1.54) is 19.0 Å². The van der Waals surface area contributed by atoms with Crippen molar-refractivity contribution < 1.29 is 17.1 Å². The van der Waals surface area contributed by atoms with Crippen molar-refractivity contribution >= 4 is 0 Å². The van der Waals surface area contributed by atoms with Gasteiger partial charge in [0, 0.05) is 91.1 Å². The van der Waals surface area contributed by atoms with Gasteiger partial charge in [0.25, 0.3) is 0 Å². The summed E-state index contributed by atoms with van der Waals surface area (Å²) in [6, 6.07) is 23.3. The predicted molar refractivity (Wildman–Crippen MR) is 241 cm³/mol. The van der Waals surface area contributed by atoms with Crippen LogP contribution >= 0.6 is 0 Å². The van der Waals surface area contributed by atoms with Gasteiger partial charge in [0.15, 0.2) is 0 Å². The molecule has 0 saturated carbocycles. The van der Waals surface area contributed by atoms with Crippen LogP contribution in [0.25, 0.3) is 34.2 Å². The van der Waals surface area contributed by atoms with Crippen LogP contribution in [-0.2, 0) is 17.1 Å². The van der Waals surface area contributed by atoms with E-state index < -0.39 is 0 Å². The zero-order valence-corrected chi connectivity index (χ0v) is 35.9. The summed E-state index contributed by atoms with van der Waals surface area (Å²) in [5.41, 5.74) is 13.4. The Balaban J connectivity index is 0.000000158. The Morgan fingerprint density at radius 3 is 0.750 bits per heavy atom. The molecule has 0 aromatic carbocycles. The van der Waals surface area contributed by atoms with Crippen molar-refractivity contribution in [2.75, 3.05) is 0 Å². The standard InChI is InChI=1S/3C17H12N4.Fe/c3*1-13-4-6-20-16(8-13)17-9-14(5-7-21-17)2-3-15-10-18-12-19-11-15;/h3*4-12H,1H3;/q;;;+2. The van der Waals surface area contributed by atoms with Gasteiger partial charge in [-0.25, -0.2) is 29.9 Å². The fourth-order valence-corrected chi connectivity index (χ4v) is 5.50. The number of pyridine rings is 6. The molecular formula is C51H36FeN12+2. The van der Waals surface area contributed by atoms with Gasteiger partial charge in [0.1, 0.15) is 19.0 Å². The molecule has 0 saturated heterocycles. The van der Waals surface area contributed by atoms with Crippen molar-refractivity contribution in [3.05, 3.63) is 216 Å². The summed E-state index contributed by atoms with van der Waals surface area (Å²) in [6.45, 7) is 6.10. The van der Waals surface area contributed by atoms with Crippen LogP contribution in [0.5, 0.6) is 0 Å². The Labute approximate surface area is 381 Å². The molecule has 0 spiro atoms. The fraction of sp³-hybridized carbons (Fsp3) is 0.0588. The average molecular weight is 873 g/mol. The van der Waals surface area contributed by atoms with Crippen molar-refractivity contribution in [2.24, 2.45) is 0 Å². The Morgan fingerprint density at radius 1 is 0.281 bits per heavy atom. The van der Waals surface area contributed by atoms with Crippen molar-refractivity contribution in [3.63, 3.8) is 0 Å². The van der Waals surface area contributed by atoms with E-state index in [1.807, 2.05) is 93.6 Å². The number of rotatable bonds is 3. The first kappa shape index (κ1) is 44.9. The van der Waals surface area contributed by atoms with Crippen molar-refractivity contribution in [1.82, 2.24) is 59.8 Å². The third-order valence-electron chi connectivity index (χ3n) is 8.55. The first-order valence-electron chi connectivity index (χ1n) is 19.4. The SMILES string of the molecule is Cc1ccnc(-c2cc(C#Cc3cncnc3)ccn2)c1.Cc1ccnc(-c2cc(C#Cc3cncnc3)ccn2)c1.Cc1ccnc(-c2cc(C#Cc3cncnc3)ccn2)c1.[Fe+2]. The quantitative estimate of drug-likeness (QED) is 0.125. The molecule has 306 valence electrons. The summed E-state index contributed by atoms with van der Waals surface area (Å²) < 4.78 is 0. The van der Waals surface area contributed by atoms with Crippen LogP contribution < -0.4 is 0 Å². The molecule has 0 aliphatic rings. The molecule has 0 aliphatic carbocycles. The van der Waals surface area contributed by atoms with Crippen LogP contribution in [0, 0.1) is 56.3 Å². The van der Waals surface area contributed by atoms with E-state index >= 15 is 0 Å². The van der Waals surface area contributed by atoms with Gasteiger partial charge in [0.05, 0.1) is 50.9 Å². The molecular weight excluding hydrogens is 836 g/mol. The number of aromatic nitrogens is 12. The molecule has 9 rings (SSSR count). The number of hydrogen-bond donors (Lipinski definition) is 0. The van der Waals surface area contributed by atoms with Crippen molar-refractivity contribution in [2.45, 2.75) is 20.8 Å². The minimum absolute atomic E-state index is 0. The van der Waals surface area contributed by atoms with Gasteiger partial charge in [-0.15, -0.1) is 0 Å². The predicted octanol–water partition coefficient (Wildman–Crippen LogP) is 7.92. The molecule has 0 N–H and O–H groups in total. The van der Waals surface area contributed by atoms with Gasteiger partial charge in [0.2, 0.25) is 0 Å². The molecule has 9 aromatic heterocycles. The second-order valence-corrected chi connectivity index (χ2v) is 13.6. The molecule has 0 amide bonds. The Bertz CT molecular complexity index is 2800. The molecule has 9 heterocycles. The molecule has 9 aromatic rings. The van der Waals surface area contributed by atoms with Crippen molar-refractivity contribution in [3.8, 4) is 69.7 Å². The largest absolute Gasteiger partial charge is 2.00 e. The van der Waals surface area contributed by atoms with Crippen LogP contribution in [0.4, 0.5) is 0 Å². The topological polar surface area (TPSA) is 155 Å². The van der Waals surface area contributed by atoms with Crippen LogP contribution in [0.15, 0.2) is 166 Å². The Hall–Kier alpha value is -8.66. The molecule has 0 bridgehead atoms. The van der Waals surface area contributed by atoms with E-state index in [1.54, 1.807) is 74.4 Å². The van der Waals surface area contributed by atoms with E-state index in [4.69, 9.17) is 0 Å². The minimum atomic E-state index is 0. The summed E-state index contributed by atoms with van der Waals surface area (Å²) in [5, 5.41) is 0. The third kappa shape index (κ3) is 14.0. The zero-order valence-electron chi connectivity index (χ0n) is 34.8. The maximum Gasteiger partial charge on any atom is 2.00 e. The molecule has 13 heteroatoms. The minimum Gasteiger partial charge on any atom is -0.255 e. The zero-order chi connectivity index (χ0) is 43.5. The first-order chi connectivity index (χ1) is 30.9. The van der Waals surface area contributed by atoms with Crippen LogP contribution in [0.3, 0.4) is 0 Å². The van der Waals surface area contributed by atoms with E-state index in [0.717, 1.165) is 84.2 Å². The molecule has 0 radical (unpaired) electrons. The van der Waals surface area contributed by atoms with E-state index in [2.05, 4.69) is 95.3 Å². The van der Waals surface area contributed by atoms with Gasteiger partial charge in [-0.05, 0) is 110 Å². The third-order valence-corrected chi connectivity index (χ3v) is 8.55. The van der Waals surface area contributed by atoms with Gasteiger partial charge in [-0.1, -0.05) is 35.5 Å². The number of aryl methyl sites for hydroxylation is 3. The Kier molecular flexibility index (Phi) is 16.4. The maximum absolute atomic E-state index is 4.35. The number of hydrogen-bond acceptors (Lipinski definition) is 12. The van der Waals surface area contributed by atoms with Crippen LogP contribution in [0.2, 0.25) is 0 Å². The van der Waals surface area contributed by atoms with Gasteiger partial charge < -0.3 is 0 Å². The van der Waals surface area contributed by atoms with Gasteiger partial charge in [-0.3, -0.25) is 29.9 Å². The van der Waals surface area contributed by atoms with Crippen LogP contribution in [0.1, 0.15) is 50.1 Å². The van der Waals surface area contributed by atoms with E-state index in [-0.39, 0.29) is 17.1 Å². The molecule has 64 heavy (non-hydrogen) atoms. The fourth-order valence-electron chi connectivity index (χ4n) is 5.50. The summed E-state index contributed by atoms with van der Waals surface area (Å²) in [5.74, 6) is 18.3. The summed E-state index contributed by atoms with van der Waals surface area (Å²) in [6.07, 6.45) is 25.1. The average Bonchev–Trinajstić information content (AvgIpc) is 3.34.